The van der Waals surface area contributed by atoms with Gasteiger partial charge in [-0.1, -0.05) is 25.7 Å². The molecule has 0 aromatic heterocycles. The van der Waals surface area contributed by atoms with Gasteiger partial charge in [-0.05, 0) is 12.0 Å². The average Bonchev–Trinajstić information content (AvgIpc) is 1.99. The number of nitrogens with zero attached hydrogens (tertiary/aromatic N) is 1. The van der Waals surface area contributed by atoms with Gasteiger partial charge in [0.25, 0.3) is 0 Å². The number of allylic oxidation sites excluding steroid dienone is 3. The van der Waals surface area contributed by atoms with Crippen LogP contribution in [0.1, 0.15) is 13.3 Å². The summed E-state index contributed by atoms with van der Waals surface area (Å²) in [4.78, 5) is 0. The molecule has 0 aromatic rings. The standard InChI is InChI=1S/C8H10N2/c1-3-5-7(4-2)8(10)6-9/h3,5,10H,1,4H2,2H3/b7-5-,10-8?. The highest BCUT2D eigenvalue weighted by Gasteiger charge is 1.97. The Kier molecular flexibility index (Phi) is 3.90. The number of nitrogens with one attached hydrogen (secondary N) is 1. The lowest BCUT2D eigenvalue weighted by molar-refractivity contribution is 1.16. The number of nitriles is 1. The van der Waals surface area contributed by atoms with Gasteiger partial charge < -0.3 is 0 Å². The Hall–Kier alpha value is -1.36. The van der Waals surface area contributed by atoms with Crippen molar-refractivity contribution in [1.29, 1.82) is 10.7 Å². The Morgan fingerprint density at radius 2 is 2.40 bits per heavy atom. The van der Waals surface area contributed by atoms with Gasteiger partial charge >= 0.3 is 0 Å². The van der Waals surface area contributed by atoms with E-state index in [9.17, 15) is 0 Å². The van der Waals surface area contributed by atoms with E-state index in [4.69, 9.17) is 10.7 Å². The maximum atomic E-state index is 8.31. The minimum atomic E-state index is 0.0300. The molecular formula is C8H10N2. The number of hydrogen-bond acceptors (Lipinski definition) is 2. The van der Waals surface area contributed by atoms with Crippen LogP contribution in [-0.2, 0) is 0 Å². The maximum absolute atomic E-state index is 8.31. The van der Waals surface area contributed by atoms with Crippen LogP contribution in [-0.4, -0.2) is 5.71 Å². The van der Waals surface area contributed by atoms with Crippen molar-refractivity contribution < 1.29 is 0 Å². The number of hydrogen-bond donors (Lipinski definition) is 1. The maximum Gasteiger partial charge on any atom is 0.135 e. The lowest BCUT2D eigenvalue weighted by Gasteiger charge is -1.94. The molecule has 0 atom stereocenters. The molecule has 0 saturated heterocycles. The van der Waals surface area contributed by atoms with Crippen molar-refractivity contribution in [2.45, 2.75) is 13.3 Å². The molecule has 0 aliphatic carbocycles. The second-order valence-corrected chi connectivity index (χ2v) is 1.77. The molecule has 0 unspecified atom stereocenters. The van der Waals surface area contributed by atoms with Crippen molar-refractivity contribution in [2.75, 3.05) is 0 Å². The zero-order chi connectivity index (χ0) is 7.98. The minimum absolute atomic E-state index is 0.0300. The van der Waals surface area contributed by atoms with Crippen molar-refractivity contribution in [1.82, 2.24) is 0 Å². The van der Waals surface area contributed by atoms with Gasteiger partial charge in [-0.15, -0.1) is 0 Å². The van der Waals surface area contributed by atoms with Crippen molar-refractivity contribution in [3.63, 3.8) is 0 Å². The topological polar surface area (TPSA) is 47.6 Å². The van der Waals surface area contributed by atoms with E-state index in [1.54, 1.807) is 18.2 Å². The van der Waals surface area contributed by atoms with E-state index < -0.39 is 0 Å². The third-order valence-electron chi connectivity index (χ3n) is 1.13. The molecule has 52 valence electrons. The highest BCUT2D eigenvalue weighted by Crippen LogP contribution is 2.01. The average molecular weight is 134 g/mol. The van der Waals surface area contributed by atoms with Crippen molar-refractivity contribution in [3.05, 3.63) is 24.3 Å². The van der Waals surface area contributed by atoms with Gasteiger partial charge in [-0.3, -0.25) is 5.41 Å². The Bertz CT molecular complexity index is 206. The van der Waals surface area contributed by atoms with Crippen molar-refractivity contribution in [2.24, 2.45) is 0 Å². The Morgan fingerprint density at radius 1 is 1.80 bits per heavy atom. The molecule has 0 fully saturated rings. The monoisotopic (exact) mass is 134 g/mol. The fraction of sp³-hybridized carbons (Fsp3) is 0.250. The Morgan fingerprint density at radius 3 is 2.70 bits per heavy atom. The van der Waals surface area contributed by atoms with Crippen LogP contribution in [0.5, 0.6) is 0 Å². The fourth-order valence-electron chi connectivity index (χ4n) is 0.592. The van der Waals surface area contributed by atoms with Crippen LogP contribution in [0.2, 0.25) is 0 Å². The fourth-order valence-corrected chi connectivity index (χ4v) is 0.592. The zero-order valence-corrected chi connectivity index (χ0v) is 6.02. The van der Waals surface area contributed by atoms with E-state index in [1.807, 2.05) is 6.92 Å². The Balaban J connectivity index is 4.39. The van der Waals surface area contributed by atoms with Gasteiger partial charge in [-0.25, -0.2) is 0 Å². The normalized spacial score (nSPS) is 10.2. The highest BCUT2D eigenvalue weighted by atomic mass is 14.4. The van der Waals surface area contributed by atoms with E-state index >= 15 is 0 Å². The van der Waals surface area contributed by atoms with Crippen molar-refractivity contribution in [3.8, 4) is 6.07 Å². The molecule has 0 spiro atoms. The first-order chi connectivity index (χ1) is 4.76. The summed E-state index contributed by atoms with van der Waals surface area (Å²) in [5.74, 6) is 0. The van der Waals surface area contributed by atoms with Crippen LogP contribution in [0, 0.1) is 16.7 Å². The molecule has 2 nitrogen and oxygen atoms in total. The predicted molar refractivity (Wildman–Crippen MR) is 41.9 cm³/mol. The van der Waals surface area contributed by atoms with Crippen LogP contribution >= 0.6 is 0 Å². The largest absolute Gasteiger partial charge is 0.290 e. The van der Waals surface area contributed by atoms with E-state index in [-0.39, 0.29) is 5.71 Å². The van der Waals surface area contributed by atoms with Crippen LogP contribution in [0.3, 0.4) is 0 Å². The molecule has 0 heterocycles. The van der Waals surface area contributed by atoms with Gasteiger partial charge in [0.15, 0.2) is 0 Å². The molecule has 0 radical (unpaired) electrons. The lowest BCUT2D eigenvalue weighted by Crippen LogP contribution is -1.95. The molecule has 0 rings (SSSR count). The summed E-state index contributed by atoms with van der Waals surface area (Å²) in [6.07, 6.45) is 3.98. The highest BCUT2D eigenvalue weighted by molar-refractivity contribution is 6.09. The first-order valence-corrected chi connectivity index (χ1v) is 3.06. The SMILES string of the molecule is C=C/C=C(/CC)C(=N)C#N. The van der Waals surface area contributed by atoms with E-state index in [2.05, 4.69) is 6.58 Å². The summed E-state index contributed by atoms with van der Waals surface area (Å²) in [5.41, 5.74) is 0.764. The third-order valence-corrected chi connectivity index (χ3v) is 1.13. The van der Waals surface area contributed by atoms with Gasteiger partial charge in [-0.2, -0.15) is 5.26 Å². The summed E-state index contributed by atoms with van der Waals surface area (Å²) >= 11 is 0. The van der Waals surface area contributed by atoms with Gasteiger partial charge in [0, 0.05) is 0 Å². The molecule has 1 N–H and O–H groups in total. The molecule has 2 heteroatoms. The molecule has 0 aliphatic heterocycles. The first-order valence-electron chi connectivity index (χ1n) is 3.06. The smallest absolute Gasteiger partial charge is 0.135 e. The summed E-state index contributed by atoms with van der Waals surface area (Å²) in [6, 6.07) is 1.77. The van der Waals surface area contributed by atoms with Gasteiger partial charge in [0.1, 0.15) is 11.8 Å². The third kappa shape index (κ3) is 2.27. The molecule has 0 aromatic carbocycles. The van der Waals surface area contributed by atoms with E-state index in [1.165, 1.54) is 0 Å². The minimum Gasteiger partial charge on any atom is -0.290 e. The quantitative estimate of drug-likeness (QED) is 0.466. The van der Waals surface area contributed by atoms with Gasteiger partial charge in [0.2, 0.25) is 0 Å². The van der Waals surface area contributed by atoms with E-state index in [0.29, 0.717) is 6.42 Å². The first kappa shape index (κ1) is 8.64. The summed E-state index contributed by atoms with van der Waals surface area (Å²) < 4.78 is 0. The zero-order valence-electron chi connectivity index (χ0n) is 6.02. The summed E-state index contributed by atoms with van der Waals surface area (Å²) in [6.45, 7) is 5.39. The summed E-state index contributed by atoms with van der Waals surface area (Å²) in [5, 5.41) is 15.4. The van der Waals surface area contributed by atoms with Crippen molar-refractivity contribution >= 4 is 5.71 Å². The van der Waals surface area contributed by atoms with Gasteiger partial charge in [0.05, 0.1) is 0 Å². The second kappa shape index (κ2) is 4.51. The van der Waals surface area contributed by atoms with E-state index in [0.717, 1.165) is 5.57 Å². The molecule has 0 bridgehead atoms. The van der Waals surface area contributed by atoms with Crippen LogP contribution < -0.4 is 0 Å². The van der Waals surface area contributed by atoms with Crippen LogP contribution in [0.4, 0.5) is 0 Å². The molecule has 0 amide bonds. The lowest BCUT2D eigenvalue weighted by atomic mass is 10.1. The molecule has 0 saturated carbocycles. The molecular weight excluding hydrogens is 124 g/mol. The second-order valence-electron chi connectivity index (χ2n) is 1.77. The predicted octanol–water partition coefficient (Wildman–Crippen LogP) is 2.05. The number of rotatable bonds is 3. The molecule has 10 heavy (non-hydrogen) atoms. The van der Waals surface area contributed by atoms with Crippen LogP contribution in [0.25, 0.3) is 0 Å². The Labute approximate surface area is 61.0 Å². The van der Waals surface area contributed by atoms with Crippen LogP contribution in [0.15, 0.2) is 24.3 Å². The molecule has 0 aliphatic rings. The summed E-state index contributed by atoms with van der Waals surface area (Å²) in [7, 11) is 0.